The van der Waals surface area contributed by atoms with Gasteiger partial charge in [-0.15, -0.1) is 0 Å². The van der Waals surface area contributed by atoms with Crippen LogP contribution in [0.25, 0.3) is 10.9 Å². The number of rotatable bonds is 1. The Morgan fingerprint density at radius 3 is 2.84 bits per heavy atom. The molecule has 0 radical (unpaired) electrons. The van der Waals surface area contributed by atoms with E-state index in [1.807, 2.05) is 6.20 Å². The van der Waals surface area contributed by atoms with Crippen molar-refractivity contribution in [1.29, 1.82) is 0 Å². The smallest absolute Gasteiger partial charge is 0.262 e. The number of amides is 1. The molecule has 1 aromatic heterocycles. The number of hydrogen-bond donors (Lipinski definition) is 2. The molecule has 1 aromatic carbocycles. The highest BCUT2D eigenvalue weighted by Gasteiger charge is 2.63. The summed E-state index contributed by atoms with van der Waals surface area (Å²) in [5, 5.41) is 12.0. The first-order valence-electron chi connectivity index (χ1n) is 8.70. The SMILES string of the molecule is CC(=O)C1=C(O)[C@@H]2C3c4c[nH]c5cccc(c45)C[C@H]3C(C)(C)N2C1=O. The van der Waals surface area contributed by atoms with E-state index >= 15 is 0 Å². The van der Waals surface area contributed by atoms with Crippen LogP contribution in [0.2, 0.25) is 0 Å². The molecule has 0 spiro atoms. The standard InChI is InChI=1S/C20H20N2O3/c1-9(23)14-18(24)17-16-11-8-21-13-6-4-5-10(15(11)13)7-12(16)20(2,3)22(17)19(14)25/h4-6,8,12,16-17,21,24H,7H2,1-3H3/t12-,16?,17+/m1/s1. The quantitative estimate of drug-likeness (QED) is 0.787. The third-order valence-electron chi connectivity index (χ3n) is 6.52. The number of hydrogen-bond acceptors (Lipinski definition) is 3. The Morgan fingerprint density at radius 2 is 2.12 bits per heavy atom. The van der Waals surface area contributed by atoms with Gasteiger partial charge in [0, 0.05) is 28.6 Å². The average Bonchev–Trinajstić information content (AvgIpc) is 3.14. The van der Waals surface area contributed by atoms with E-state index in [9.17, 15) is 14.7 Å². The van der Waals surface area contributed by atoms with E-state index < -0.39 is 11.6 Å². The van der Waals surface area contributed by atoms with Gasteiger partial charge in [0.1, 0.15) is 11.3 Å². The largest absolute Gasteiger partial charge is 0.509 e. The molecule has 1 aliphatic carbocycles. The molecule has 5 nitrogen and oxygen atoms in total. The summed E-state index contributed by atoms with van der Waals surface area (Å²) in [5.41, 5.74) is 3.04. The Labute approximate surface area is 145 Å². The molecule has 3 aliphatic rings. The molecule has 2 N–H and O–H groups in total. The molecule has 1 unspecified atom stereocenters. The number of aromatic amines is 1. The lowest BCUT2D eigenvalue weighted by molar-refractivity contribution is -0.132. The maximum absolute atomic E-state index is 12.9. The van der Waals surface area contributed by atoms with Crippen LogP contribution >= 0.6 is 0 Å². The summed E-state index contributed by atoms with van der Waals surface area (Å²) < 4.78 is 0. The predicted octanol–water partition coefficient (Wildman–Crippen LogP) is 2.83. The molecule has 5 heteroatoms. The zero-order valence-corrected chi connectivity index (χ0v) is 14.5. The summed E-state index contributed by atoms with van der Waals surface area (Å²) in [4.78, 5) is 29.9. The number of Topliss-reactive ketones (excluding diaryl/α,β-unsaturated/α-hetero) is 1. The summed E-state index contributed by atoms with van der Waals surface area (Å²) in [6.45, 7) is 5.45. The topological polar surface area (TPSA) is 73.4 Å². The highest BCUT2D eigenvalue weighted by molar-refractivity contribution is 6.21. The maximum atomic E-state index is 12.9. The van der Waals surface area contributed by atoms with Crippen LogP contribution in [0.4, 0.5) is 0 Å². The second kappa shape index (κ2) is 4.34. The van der Waals surface area contributed by atoms with Gasteiger partial charge >= 0.3 is 0 Å². The molecule has 1 saturated heterocycles. The second-order valence-electron chi connectivity index (χ2n) is 8.01. The Bertz CT molecular complexity index is 998. The van der Waals surface area contributed by atoms with Crippen LogP contribution in [0, 0.1) is 5.92 Å². The molecule has 128 valence electrons. The van der Waals surface area contributed by atoms with Crippen LogP contribution in [0.15, 0.2) is 35.7 Å². The summed E-state index contributed by atoms with van der Waals surface area (Å²) in [6, 6.07) is 5.81. The Hall–Kier alpha value is -2.56. The van der Waals surface area contributed by atoms with Crippen molar-refractivity contribution in [2.24, 2.45) is 5.92 Å². The van der Waals surface area contributed by atoms with E-state index in [-0.39, 0.29) is 34.9 Å². The van der Waals surface area contributed by atoms with Gasteiger partial charge in [0.25, 0.3) is 5.91 Å². The van der Waals surface area contributed by atoms with Crippen molar-refractivity contribution in [3.8, 4) is 0 Å². The number of benzene rings is 1. The maximum Gasteiger partial charge on any atom is 0.262 e. The molecular formula is C20H20N2O3. The van der Waals surface area contributed by atoms with Gasteiger partial charge in [-0.1, -0.05) is 12.1 Å². The third kappa shape index (κ3) is 1.54. The molecule has 0 saturated carbocycles. The monoisotopic (exact) mass is 336 g/mol. The molecule has 1 fully saturated rings. The van der Waals surface area contributed by atoms with Crippen LogP contribution in [-0.2, 0) is 16.0 Å². The Morgan fingerprint density at radius 1 is 1.36 bits per heavy atom. The highest BCUT2D eigenvalue weighted by atomic mass is 16.3. The zero-order chi connectivity index (χ0) is 17.7. The number of carbonyl (C=O) groups excluding carboxylic acids is 2. The number of carbonyl (C=O) groups is 2. The average molecular weight is 336 g/mol. The fourth-order valence-electron chi connectivity index (χ4n) is 5.47. The van der Waals surface area contributed by atoms with Gasteiger partial charge < -0.3 is 15.0 Å². The van der Waals surface area contributed by atoms with Crippen molar-refractivity contribution in [3.05, 3.63) is 46.9 Å². The minimum Gasteiger partial charge on any atom is -0.509 e. The zero-order valence-electron chi connectivity index (χ0n) is 14.5. The van der Waals surface area contributed by atoms with Gasteiger partial charge in [0.05, 0.1) is 6.04 Å². The van der Waals surface area contributed by atoms with Crippen LogP contribution in [0.5, 0.6) is 0 Å². The molecule has 1 amide bonds. The summed E-state index contributed by atoms with van der Waals surface area (Å²) >= 11 is 0. The third-order valence-corrected chi connectivity index (χ3v) is 6.52. The van der Waals surface area contributed by atoms with E-state index in [4.69, 9.17) is 0 Å². The van der Waals surface area contributed by atoms with E-state index in [1.54, 1.807) is 4.90 Å². The molecule has 5 rings (SSSR count). The molecule has 2 aromatic rings. The van der Waals surface area contributed by atoms with Crippen molar-refractivity contribution in [1.82, 2.24) is 9.88 Å². The second-order valence-corrected chi connectivity index (χ2v) is 8.01. The number of H-pyrrole nitrogens is 1. The number of aliphatic hydroxyl groups is 1. The van der Waals surface area contributed by atoms with E-state index in [0.717, 1.165) is 17.5 Å². The fraction of sp³-hybridized carbons (Fsp3) is 0.400. The van der Waals surface area contributed by atoms with E-state index in [0.29, 0.717) is 0 Å². The van der Waals surface area contributed by atoms with Crippen molar-refractivity contribution in [3.63, 3.8) is 0 Å². The number of ketones is 1. The normalized spacial score (nSPS) is 29.3. The van der Waals surface area contributed by atoms with Gasteiger partial charge in [0.2, 0.25) is 0 Å². The van der Waals surface area contributed by atoms with Gasteiger partial charge in [-0.2, -0.15) is 0 Å². The van der Waals surface area contributed by atoms with Gasteiger partial charge in [-0.3, -0.25) is 9.59 Å². The van der Waals surface area contributed by atoms with Crippen LogP contribution in [0.3, 0.4) is 0 Å². The molecular weight excluding hydrogens is 316 g/mol. The van der Waals surface area contributed by atoms with Gasteiger partial charge in [0.15, 0.2) is 5.78 Å². The minimum absolute atomic E-state index is 0.000509. The first-order valence-corrected chi connectivity index (χ1v) is 8.70. The van der Waals surface area contributed by atoms with Crippen LogP contribution in [0.1, 0.15) is 37.8 Å². The van der Waals surface area contributed by atoms with E-state index in [1.165, 1.54) is 17.9 Å². The molecule has 2 aliphatic heterocycles. The molecule has 0 bridgehead atoms. The van der Waals surface area contributed by atoms with Gasteiger partial charge in [-0.05, 0) is 50.3 Å². The van der Waals surface area contributed by atoms with Crippen molar-refractivity contribution in [2.75, 3.05) is 0 Å². The van der Waals surface area contributed by atoms with E-state index in [2.05, 4.69) is 37.0 Å². The minimum atomic E-state index is -0.446. The number of nitrogens with zero attached hydrogens (tertiary/aromatic N) is 1. The highest BCUT2D eigenvalue weighted by Crippen LogP contribution is 2.58. The lowest BCUT2D eigenvalue weighted by atomic mass is 9.69. The number of aromatic nitrogens is 1. The summed E-state index contributed by atoms with van der Waals surface area (Å²) in [7, 11) is 0. The van der Waals surface area contributed by atoms with Crippen molar-refractivity contribution < 1.29 is 14.7 Å². The molecule has 3 atom stereocenters. The predicted molar refractivity (Wildman–Crippen MR) is 93.3 cm³/mol. The first-order chi connectivity index (χ1) is 11.8. The number of nitrogens with one attached hydrogen (secondary N) is 1. The van der Waals surface area contributed by atoms with Gasteiger partial charge in [-0.25, -0.2) is 0 Å². The first kappa shape index (κ1) is 14.8. The molecule has 3 heterocycles. The van der Waals surface area contributed by atoms with Crippen LogP contribution in [-0.4, -0.2) is 38.3 Å². The number of fused-ring (bicyclic) bond motifs is 4. The van der Waals surface area contributed by atoms with Crippen LogP contribution < -0.4 is 0 Å². The molecule has 25 heavy (non-hydrogen) atoms. The van der Waals surface area contributed by atoms with Crippen molar-refractivity contribution in [2.45, 2.75) is 44.7 Å². The Balaban J connectivity index is 1.78. The number of aliphatic hydroxyl groups excluding tert-OH is 1. The summed E-state index contributed by atoms with van der Waals surface area (Å²) in [5.74, 6) is -0.540. The fourth-order valence-corrected chi connectivity index (χ4v) is 5.47. The Kier molecular flexibility index (Phi) is 2.56. The lowest BCUT2D eigenvalue weighted by Gasteiger charge is -2.37. The van der Waals surface area contributed by atoms with Crippen molar-refractivity contribution >= 4 is 22.6 Å². The summed E-state index contributed by atoms with van der Waals surface area (Å²) in [6.07, 6.45) is 2.87. The lowest BCUT2D eigenvalue weighted by Crippen LogP contribution is -2.47.